The number of ether oxygens (including phenoxy) is 1. The van der Waals surface area contributed by atoms with Crippen LogP contribution in [0.2, 0.25) is 0 Å². The molecule has 0 amide bonds. The van der Waals surface area contributed by atoms with Crippen LogP contribution in [-0.4, -0.2) is 66.0 Å². The number of H-pyrrole nitrogens is 1. The van der Waals surface area contributed by atoms with Crippen LogP contribution in [-0.2, 0) is 11.3 Å². The summed E-state index contributed by atoms with van der Waals surface area (Å²) in [5.41, 5.74) is 5.79. The average molecular weight is 407 g/mol. The van der Waals surface area contributed by atoms with Gasteiger partial charge in [-0.15, -0.1) is 0 Å². The summed E-state index contributed by atoms with van der Waals surface area (Å²) in [5.74, 6) is 0.461. The highest BCUT2D eigenvalue weighted by molar-refractivity contribution is 5.93. The lowest BCUT2D eigenvalue weighted by Crippen LogP contribution is -2.35. The van der Waals surface area contributed by atoms with E-state index in [4.69, 9.17) is 9.72 Å². The predicted molar refractivity (Wildman–Crippen MR) is 120 cm³/mol. The van der Waals surface area contributed by atoms with Crippen LogP contribution in [0.15, 0.2) is 42.6 Å². The number of pyridine rings is 1. The molecular weight excluding hydrogens is 376 g/mol. The first-order valence-electron chi connectivity index (χ1n) is 11.0. The van der Waals surface area contributed by atoms with E-state index in [9.17, 15) is 5.11 Å². The van der Waals surface area contributed by atoms with Crippen molar-refractivity contribution in [3.05, 3.63) is 48.3 Å². The number of piperidine rings is 1. The van der Waals surface area contributed by atoms with Crippen LogP contribution < -0.4 is 4.90 Å². The van der Waals surface area contributed by atoms with Crippen LogP contribution in [0.25, 0.3) is 22.2 Å². The first-order chi connectivity index (χ1) is 14.8. The van der Waals surface area contributed by atoms with Gasteiger partial charge in [0, 0.05) is 73.4 Å². The van der Waals surface area contributed by atoms with Gasteiger partial charge in [0.25, 0.3) is 0 Å². The molecule has 0 saturated carbocycles. The first kappa shape index (κ1) is 19.5. The number of rotatable bonds is 5. The average Bonchev–Trinajstić information content (AvgIpc) is 3.22. The van der Waals surface area contributed by atoms with Gasteiger partial charge in [-0.05, 0) is 43.0 Å². The second-order valence-electron chi connectivity index (χ2n) is 8.46. The number of nitrogens with zero attached hydrogens (tertiary/aromatic N) is 3. The van der Waals surface area contributed by atoms with Gasteiger partial charge < -0.3 is 19.7 Å². The summed E-state index contributed by atoms with van der Waals surface area (Å²) in [6.07, 6.45) is 4.02. The van der Waals surface area contributed by atoms with Gasteiger partial charge in [0.05, 0.1) is 18.9 Å². The molecule has 6 nitrogen and oxygen atoms in total. The largest absolute Gasteiger partial charge is 0.396 e. The van der Waals surface area contributed by atoms with E-state index < -0.39 is 0 Å². The third-order valence-electron chi connectivity index (χ3n) is 6.48. The van der Waals surface area contributed by atoms with E-state index in [1.54, 1.807) is 0 Å². The number of nitrogens with one attached hydrogen (secondary N) is 1. The van der Waals surface area contributed by atoms with Crippen molar-refractivity contribution in [3.8, 4) is 11.3 Å². The van der Waals surface area contributed by atoms with Gasteiger partial charge in [0.15, 0.2) is 0 Å². The van der Waals surface area contributed by atoms with Crippen LogP contribution in [0.1, 0.15) is 18.5 Å². The van der Waals surface area contributed by atoms with E-state index in [0.29, 0.717) is 12.5 Å². The zero-order valence-corrected chi connectivity index (χ0v) is 17.4. The lowest BCUT2D eigenvalue weighted by Gasteiger charge is -2.32. The molecule has 158 valence electrons. The number of hydrogen-bond acceptors (Lipinski definition) is 5. The number of benzene rings is 1. The molecule has 0 radical (unpaired) electrons. The minimum absolute atomic E-state index is 0.312. The molecule has 2 fully saturated rings. The minimum atomic E-state index is 0.312. The van der Waals surface area contributed by atoms with E-state index in [0.717, 1.165) is 75.6 Å². The highest BCUT2D eigenvalue weighted by Crippen LogP contribution is 2.30. The standard InChI is InChI=1S/C24H30N4O2/c29-17-18-6-9-28(10-7-18)21-3-1-19(2-4-21)24-22-15-20(26-23(22)5-8-25-24)16-27-11-13-30-14-12-27/h1-5,8,15,18,26,29H,6-7,9-14,16-17H2. The minimum Gasteiger partial charge on any atom is -0.396 e. The van der Waals surface area contributed by atoms with Crippen molar-refractivity contribution in [2.75, 3.05) is 50.9 Å². The molecule has 2 aromatic heterocycles. The van der Waals surface area contributed by atoms with E-state index in [1.165, 1.54) is 16.8 Å². The summed E-state index contributed by atoms with van der Waals surface area (Å²) in [7, 11) is 0. The van der Waals surface area contributed by atoms with Crippen LogP contribution in [0.3, 0.4) is 0 Å². The van der Waals surface area contributed by atoms with Crippen LogP contribution >= 0.6 is 0 Å². The van der Waals surface area contributed by atoms with E-state index >= 15 is 0 Å². The van der Waals surface area contributed by atoms with Crippen molar-refractivity contribution in [2.45, 2.75) is 19.4 Å². The Kier molecular flexibility index (Phi) is 5.71. The number of anilines is 1. The summed E-state index contributed by atoms with van der Waals surface area (Å²) in [5, 5.41) is 10.5. The lowest BCUT2D eigenvalue weighted by atomic mass is 9.97. The molecule has 4 heterocycles. The zero-order chi connectivity index (χ0) is 20.3. The summed E-state index contributed by atoms with van der Waals surface area (Å²) < 4.78 is 5.46. The number of hydrogen-bond donors (Lipinski definition) is 2. The molecule has 0 bridgehead atoms. The van der Waals surface area contributed by atoms with Gasteiger partial charge in [-0.3, -0.25) is 9.88 Å². The fraction of sp³-hybridized carbons (Fsp3) is 0.458. The topological polar surface area (TPSA) is 64.6 Å². The number of aliphatic hydroxyl groups excluding tert-OH is 1. The molecule has 3 aromatic rings. The summed E-state index contributed by atoms with van der Waals surface area (Å²) >= 11 is 0. The van der Waals surface area contributed by atoms with Gasteiger partial charge >= 0.3 is 0 Å². The predicted octanol–water partition coefficient (Wildman–Crippen LogP) is 3.27. The molecule has 0 spiro atoms. The molecular formula is C24H30N4O2. The van der Waals surface area contributed by atoms with Gasteiger partial charge in [-0.25, -0.2) is 0 Å². The molecule has 5 rings (SSSR count). The Hall–Kier alpha value is -2.41. The van der Waals surface area contributed by atoms with Gasteiger partial charge in [-0.2, -0.15) is 0 Å². The third-order valence-corrected chi connectivity index (χ3v) is 6.48. The first-order valence-corrected chi connectivity index (χ1v) is 11.0. The molecule has 2 N–H and O–H groups in total. The van der Waals surface area contributed by atoms with Crippen molar-refractivity contribution in [1.29, 1.82) is 0 Å². The lowest BCUT2D eigenvalue weighted by molar-refractivity contribution is 0.0337. The number of aromatic nitrogens is 2. The normalized spacial score (nSPS) is 18.9. The quantitative estimate of drug-likeness (QED) is 0.681. The summed E-state index contributed by atoms with van der Waals surface area (Å²) in [6.45, 7) is 6.86. The van der Waals surface area contributed by atoms with Crippen LogP contribution in [0.4, 0.5) is 5.69 Å². The van der Waals surface area contributed by atoms with Crippen molar-refractivity contribution in [2.24, 2.45) is 5.92 Å². The summed E-state index contributed by atoms with van der Waals surface area (Å²) in [4.78, 5) is 13.1. The Morgan fingerprint density at radius 1 is 1.03 bits per heavy atom. The number of aromatic amines is 1. The maximum absolute atomic E-state index is 9.35. The maximum Gasteiger partial charge on any atom is 0.0795 e. The third kappa shape index (κ3) is 4.08. The Morgan fingerprint density at radius 2 is 1.80 bits per heavy atom. The van der Waals surface area contributed by atoms with Crippen molar-refractivity contribution >= 4 is 16.6 Å². The van der Waals surface area contributed by atoms with Gasteiger partial charge in [-0.1, -0.05) is 12.1 Å². The molecule has 2 saturated heterocycles. The smallest absolute Gasteiger partial charge is 0.0795 e. The fourth-order valence-corrected chi connectivity index (χ4v) is 4.63. The van der Waals surface area contributed by atoms with Crippen molar-refractivity contribution < 1.29 is 9.84 Å². The second kappa shape index (κ2) is 8.76. The fourth-order valence-electron chi connectivity index (χ4n) is 4.63. The Balaban J connectivity index is 1.35. The molecule has 2 aliphatic heterocycles. The zero-order valence-electron chi connectivity index (χ0n) is 17.4. The maximum atomic E-state index is 9.35. The highest BCUT2D eigenvalue weighted by Gasteiger charge is 2.19. The van der Waals surface area contributed by atoms with E-state index in [1.807, 2.05) is 6.20 Å². The highest BCUT2D eigenvalue weighted by atomic mass is 16.5. The second-order valence-corrected chi connectivity index (χ2v) is 8.46. The summed E-state index contributed by atoms with van der Waals surface area (Å²) in [6, 6.07) is 13.1. The Morgan fingerprint density at radius 3 is 2.53 bits per heavy atom. The molecule has 0 aliphatic carbocycles. The molecule has 2 aliphatic rings. The van der Waals surface area contributed by atoms with E-state index in [-0.39, 0.29) is 0 Å². The molecule has 1 aromatic carbocycles. The number of fused-ring (bicyclic) bond motifs is 1. The molecule has 30 heavy (non-hydrogen) atoms. The molecule has 6 heteroatoms. The van der Waals surface area contributed by atoms with Crippen LogP contribution in [0.5, 0.6) is 0 Å². The van der Waals surface area contributed by atoms with Gasteiger partial charge in [0.2, 0.25) is 0 Å². The Labute approximate surface area is 177 Å². The van der Waals surface area contributed by atoms with Crippen molar-refractivity contribution in [3.63, 3.8) is 0 Å². The van der Waals surface area contributed by atoms with Crippen molar-refractivity contribution in [1.82, 2.24) is 14.9 Å². The monoisotopic (exact) mass is 406 g/mol. The van der Waals surface area contributed by atoms with Gasteiger partial charge in [0.1, 0.15) is 0 Å². The van der Waals surface area contributed by atoms with E-state index in [2.05, 4.69) is 51.2 Å². The molecule has 0 atom stereocenters. The Bertz CT molecular complexity index is 971. The molecule has 0 unspecified atom stereocenters. The van der Waals surface area contributed by atoms with Crippen LogP contribution in [0, 0.1) is 5.92 Å². The number of morpholine rings is 1. The SMILES string of the molecule is OCC1CCN(c2ccc(-c3nccc4[nH]c(CN5CCOCC5)cc34)cc2)CC1. The number of aliphatic hydroxyl groups is 1.